The van der Waals surface area contributed by atoms with Gasteiger partial charge in [0.1, 0.15) is 12.6 Å². The van der Waals surface area contributed by atoms with Crippen molar-refractivity contribution >= 4 is 29.2 Å². The number of thiazole rings is 1. The molecular formula is C42H62N6O7S. The lowest BCUT2D eigenvalue weighted by Gasteiger charge is -2.43. The molecule has 1 saturated heterocycles. The molecule has 0 saturated carbocycles. The van der Waals surface area contributed by atoms with E-state index in [-0.39, 0.29) is 43.3 Å². The van der Waals surface area contributed by atoms with Crippen LogP contribution in [0.4, 0.5) is 4.79 Å². The number of hydrogen-bond acceptors (Lipinski definition) is 11. The van der Waals surface area contributed by atoms with E-state index in [2.05, 4.69) is 39.7 Å². The summed E-state index contributed by atoms with van der Waals surface area (Å²) in [5, 5.41) is 23.8. The SMILES string of the molecule is COc1ccc(CN2CCN(C[C@H](O)[C@@H](Cc3ccccc3)NC(=O)[C@@H](CNC(=O)OCc3csc(C(C)C)n3)C(C)C)[C@@H](C(=O)NC(C)(C)C)C2)cc1OC. The zero-order valence-corrected chi connectivity index (χ0v) is 35.3. The highest BCUT2D eigenvalue weighted by Gasteiger charge is 2.37. The van der Waals surface area contributed by atoms with Crippen molar-refractivity contribution in [3.8, 4) is 11.5 Å². The summed E-state index contributed by atoms with van der Waals surface area (Å²) in [7, 11) is 3.21. The van der Waals surface area contributed by atoms with Gasteiger partial charge in [-0.2, -0.15) is 0 Å². The minimum absolute atomic E-state index is 0.0399. The number of hydrogen-bond donors (Lipinski definition) is 4. The summed E-state index contributed by atoms with van der Waals surface area (Å²) in [6.45, 7) is 16.3. The number of aliphatic hydroxyl groups excluding tert-OH is 1. The third-order valence-corrected chi connectivity index (χ3v) is 11.0. The third-order valence-electron chi connectivity index (χ3n) is 9.76. The van der Waals surface area contributed by atoms with Crippen LogP contribution in [0.25, 0.3) is 0 Å². The van der Waals surface area contributed by atoms with Crippen molar-refractivity contribution in [1.82, 2.24) is 30.7 Å². The van der Waals surface area contributed by atoms with Gasteiger partial charge in [-0.25, -0.2) is 9.78 Å². The van der Waals surface area contributed by atoms with E-state index in [9.17, 15) is 19.5 Å². The Bertz CT molecular complexity index is 1710. The fourth-order valence-corrected chi connectivity index (χ4v) is 7.48. The molecule has 308 valence electrons. The van der Waals surface area contributed by atoms with Gasteiger partial charge in [0.05, 0.1) is 43.0 Å². The molecule has 2 heterocycles. The first-order chi connectivity index (χ1) is 26.6. The maximum atomic E-state index is 13.9. The topological polar surface area (TPSA) is 155 Å². The van der Waals surface area contributed by atoms with Crippen LogP contribution in [0, 0.1) is 11.8 Å². The van der Waals surface area contributed by atoms with E-state index in [1.165, 1.54) is 11.3 Å². The number of carbonyl (C=O) groups is 3. The lowest BCUT2D eigenvalue weighted by atomic mass is 9.93. The standard InChI is InChI=1S/C42H62N6O7S/c1-27(2)32(21-43-41(52)55-25-31-26-56-40(44-31)28(3)4)38(50)45-33(19-29-13-11-10-12-14-29)35(49)24-48-18-17-47(23-34(48)39(51)46-42(5,6)7)22-30-15-16-36(53-8)37(20-30)54-9/h10-16,20,26-28,32-35,49H,17-19,21-25H2,1-9H3,(H,43,52)(H,45,50)(H,46,51)/t32-,33+,34+,35-/m0/s1. The molecule has 14 heteroatoms. The van der Waals surface area contributed by atoms with E-state index in [1.54, 1.807) is 14.2 Å². The maximum absolute atomic E-state index is 13.9. The van der Waals surface area contributed by atoms with E-state index in [0.29, 0.717) is 49.8 Å². The quantitative estimate of drug-likeness (QED) is 0.139. The first kappa shape index (κ1) is 44.5. The van der Waals surface area contributed by atoms with Gasteiger partial charge in [-0.1, -0.05) is 64.1 Å². The highest BCUT2D eigenvalue weighted by molar-refractivity contribution is 7.09. The Morgan fingerprint density at radius 2 is 1.70 bits per heavy atom. The zero-order chi connectivity index (χ0) is 41.0. The van der Waals surface area contributed by atoms with Crippen LogP contribution < -0.4 is 25.4 Å². The van der Waals surface area contributed by atoms with Crippen LogP contribution in [0.1, 0.15) is 76.2 Å². The average molecular weight is 795 g/mol. The molecule has 3 amide bonds. The average Bonchev–Trinajstić information content (AvgIpc) is 3.63. The Hall–Kier alpha value is -4.24. The van der Waals surface area contributed by atoms with Crippen molar-refractivity contribution in [2.24, 2.45) is 11.8 Å². The predicted octanol–water partition coefficient (Wildman–Crippen LogP) is 4.97. The summed E-state index contributed by atoms with van der Waals surface area (Å²) in [5.74, 6) is 0.448. The summed E-state index contributed by atoms with van der Waals surface area (Å²) in [4.78, 5) is 49.2. The normalized spacial score (nSPS) is 16.9. The lowest BCUT2D eigenvalue weighted by Crippen LogP contribution is -2.63. The molecule has 56 heavy (non-hydrogen) atoms. The second-order valence-electron chi connectivity index (χ2n) is 16.2. The summed E-state index contributed by atoms with van der Waals surface area (Å²) < 4.78 is 16.3. The number of benzene rings is 2. The lowest BCUT2D eigenvalue weighted by molar-refractivity contribution is -0.132. The van der Waals surface area contributed by atoms with E-state index in [4.69, 9.17) is 14.2 Å². The molecule has 0 unspecified atom stereocenters. The summed E-state index contributed by atoms with van der Waals surface area (Å²) in [6.07, 6.45) is -1.27. The minimum atomic E-state index is -1.01. The zero-order valence-electron chi connectivity index (χ0n) is 34.5. The molecule has 0 spiro atoms. The number of β-amino-alcohol motifs (C(OH)–C–C–N with tert-alkyl or cyclic N) is 1. The number of piperazine rings is 1. The van der Waals surface area contributed by atoms with Crippen LogP contribution in [0.3, 0.4) is 0 Å². The molecule has 1 fully saturated rings. The number of rotatable bonds is 18. The maximum Gasteiger partial charge on any atom is 0.407 e. The Kier molecular flexibility index (Phi) is 16.5. The highest BCUT2D eigenvalue weighted by atomic mass is 32.1. The smallest absolute Gasteiger partial charge is 0.407 e. The number of nitrogens with zero attached hydrogens (tertiary/aromatic N) is 3. The number of alkyl carbamates (subject to hydrolysis) is 1. The summed E-state index contributed by atoms with van der Waals surface area (Å²) in [6, 6.07) is 14.3. The first-order valence-electron chi connectivity index (χ1n) is 19.4. The Labute approximate surface area is 336 Å². The number of methoxy groups -OCH3 is 2. The monoisotopic (exact) mass is 794 g/mol. The number of nitrogens with one attached hydrogen (secondary N) is 3. The van der Waals surface area contributed by atoms with Gasteiger partial charge in [-0.15, -0.1) is 11.3 Å². The Balaban J connectivity index is 1.46. The first-order valence-corrected chi connectivity index (χ1v) is 20.3. The van der Waals surface area contributed by atoms with Gasteiger partial charge in [0.2, 0.25) is 11.8 Å². The van der Waals surface area contributed by atoms with E-state index >= 15 is 0 Å². The number of aliphatic hydroxyl groups is 1. The van der Waals surface area contributed by atoms with Crippen LogP contribution >= 0.6 is 11.3 Å². The van der Waals surface area contributed by atoms with Gasteiger partial charge in [0, 0.05) is 56.1 Å². The van der Waals surface area contributed by atoms with Gasteiger partial charge >= 0.3 is 6.09 Å². The van der Waals surface area contributed by atoms with Crippen LogP contribution in [-0.4, -0.2) is 108 Å². The summed E-state index contributed by atoms with van der Waals surface area (Å²) in [5.41, 5.74) is 2.20. The molecule has 0 aliphatic carbocycles. The molecule has 1 aliphatic rings. The second kappa shape index (κ2) is 20.8. The van der Waals surface area contributed by atoms with Crippen LogP contribution in [-0.2, 0) is 33.9 Å². The van der Waals surface area contributed by atoms with E-state index < -0.39 is 35.7 Å². The molecule has 4 rings (SSSR count). The minimum Gasteiger partial charge on any atom is -0.493 e. The third kappa shape index (κ3) is 13.5. The predicted molar refractivity (Wildman–Crippen MR) is 219 cm³/mol. The van der Waals surface area contributed by atoms with Crippen LogP contribution in [0.5, 0.6) is 11.5 Å². The van der Waals surface area contributed by atoms with Crippen molar-refractivity contribution < 1.29 is 33.7 Å². The fourth-order valence-electron chi connectivity index (χ4n) is 6.66. The largest absolute Gasteiger partial charge is 0.493 e. The van der Waals surface area contributed by atoms with Gasteiger partial charge in [0.25, 0.3) is 0 Å². The van der Waals surface area contributed by atoms with Gasteiger partial charge in [-0.05, 0) is 56.4 Å². The molecule has 4 N–H and O–H groups in total. The molecule has 0 bridgehead atoms. The number of carbonyl (C=O) groups excluding carboxylic acids is 3. The second-order valence-corrected chi connectivity index (χ2v) is 17.1. The summed E-state index contributed by atoms with van der Waals surface area (Å²) >= 11 is 1.53. The number of aromatic nitrogens is 1. The van der Waals surface area contributed by atoms with Gasteiger partial charge < -0.3 is 35.3 Å². The van der Waals surface area contributed by atoms with Crippen molar-refractivity contribution in [3.05, 3.63) is 75.7 Å². The van der Waals surface area contributed by atoms with Crippen molar-refractivity contribution in [2.75, 3.05) is 46.9 Å². The Morgan fingerprint density at radius 3 is 2.32 bits per heavy atom. The molecule has 0 radical (unpaired) electrons. The van der Waals surface area contributed by atoms with Crippen molar-refractivity contribution in [2.45, 2.75) is 97.7 Å². The molecule has 1 aromatic heterocycles. The molecule has 4 atom stereocenters. The van der Waals surface area contributed by atoms with Crippen molar-refractivity contribution in [3.63, 3.8) is 0 Å². The van der Waals surface area contributed by atoms with Gasteiger partial charge in [0.15, 0.2) is 11.5 Å². The van der Waals surface area contributed by atoms with Crippen LogP contribution in [0.15, 0.2) is 53.9 Å². The molecule has 3 aromatic rings. The van der Waals surface area contributed by atoms with Gasteiger partial charge in [-0.3, -0.25) is 19.4 Å². The number of ether oxygens (including phenoxy) is 3. The highest BCUT2D eigenvalue weighted by Crippen LogP contribution is 2.29. The van der Waals surface area contributed by atoms with Crippen molar-refractivity contribution in [1.29, 1.82) is 0 Å². The molecule has 1 aliphatic heterocycles. The fraction of sp³-hybridized carbons (Fsp3) is 0.571. The van der Waals surface area contributed by atoms with Crippen LogP contribution in [0.2, 0.25) is 0 Å². The Morgan fingerprint density at radius 1 is 0.982 bits per heavy atom. The van der Waals surface area contributed by atoms with E-state index in [1.807, 2.05) is 93.4 Å². The molecular weight excluding hydrogens is 733 g/mol. The molecule has 13 nitrogen and oxygen atoms in total. The molecule has 2 aromatic carbocycles. The van der Waals surface area contributed by atoms with E-state index in [0.717, 1.165) is 16.1 Å². The number of amides is 3.